The maximum atomic E-state index is 13.2. The van der Waals surface area contributed by atoms with Gasteiger partial charge in [0.1, 0.15) is 17.2 Å². The Morgan fingerprint density at radius 3 is 2.85 bits per heavy atom. The van der Waals surface area contributed by atoms with E-state index in [4.69, 9.17) is 4.52 Å². The highest BCUT2D eigenvalue weighted by molar-refractivity contribution is 5.94. The number of anilines is 2. The molecule has 9 heteroatoms. The molecule has 0 aliphatic heterocycles. The molecule has 3 aromatic rings. The van der Waals surface area contributed by atoms with E-state index < -0.39 is 5.82 Å². The maximum absolute atomic E-state index is 13.2. The highest BCUT2D eigenvalue weighted by Crippen LogP contribution is 2.35. The van der Waals surface area contributed by atoms with Crippen LogP contribution >= 0.6 is 0 Å². The second-order valence-electron chi connectivity index (χ2n) is 6.62. The summed E-state index contributed by atoms with van der Waals surface area (Å²) in [4.78, 5) is 18.2. The van der Waals surface area contributed by atoms with E-state index in [1.54, 1.807) is 36.7 Å². The topological polar surface area (TPSA) is 89.1 Å². The van der Waals surface area contributed by atoms with Gasteiger partial charge in [-0.3, -0.25) is 14.5 Å². The molecule has 0 unspecified atom stereocenters. The zero-order valence-corrected chi connectivity index (χ0v) is 15.2. The van der Waals surface area contributed by atoms with Gasteiger partial charge in [0.25, 0.3) is 5.91 Å². The van der Waals surface area contributed by atoms with Crippen molar-refractivity contribution in [1.82, 2.24) is 25.2 Å². The van der Waals surface area contributed by atoms with Gasteiger partial charge >= 0.3 is 0 Å². The van der Waals surface area contributed by atoms with Gasteiger partial charge in [0, 0.05) is 26.2 Å². The SMILES string of the molecule is Cc1onc(-c2ccc(F)cn2)c1N(C)c1cc(C(=O)NC2CC2)n(C)n1. The summed E-state index contributed by atoms with van der Waals surface area (Å²) in [5, 5.41) is 11.5. The lowest BCUT2D eigenvalue weighted by molar-refractivity contribution is 0.0941. The molecule has 27 heavy (non-hydrogen) atoms. The van der Waals surface area contributed by atoms with Crippen molar-refractivity contribution in [1.29, 1.82) is 0 Å². The first-order chi connectivity index (χ1) is 12.9. The van der Waals surface area contributed by atoms with Crippen molar-refractivity contribution >= 4 is 17.4 Å². The summed E-state index contributed by atoms with van der Waals surface area (Å²) in [5.41, 5.74) is 2.09. The number of nitrogens with one attached hydrogen (secondary N) is 1. The number of aryl methyl sites for hydroxylation is 2. The number of rotatable bonds is 5. The van der Waals surface area contributed by atoms with Crippen molar-refractivity contribution in [3.8, 4) is 11.4 Å². The monoisotopic (exact) mass is 370 g/mol. The van der Waals surface area contributed by atoms with Gasteiger partial charge in [-0.1, -0.05) is 5.16 Å². The van der Waals surface area contributed by atoms with Crippen LogP contribution in [0.4, 0.5) is 15.9 Å². The zero-order chi connectivity index (χ0) is 19.1. The molecule has 0 bridgehead atoms. The fourth-order valence-corrected chi connectivity index (χ4v) is 2.88. The number of hydrogen-bond acceptors (Lipinski definition) is 6. The van der Waals surface area contributed by atoms with Crippen molar-refractivity contribution in [2.24, 2.45) is 7.05 Å². The predicted octanol–water partition coefficient (Wildman–Crippen LogP) is 2.58. The number of carbonyl (C=O) groups excluding carboxylic acids is 1. The number of amides is 1. The molecule has 1 fully saturated rings. The van der Waals surface area contributed by atoms with Crippen LogP contribution in [0, 0.1) is 12.7 Å². The van der Waals surface area contributed by atoms with Crippen molar-refractivity contribution in [2.75, 3.05) is 11.9 Å². The molecule has 1 aliphatic carbocycles. The lowest BCUT2D eigenvalue weighted by Gasteiger charge is -2.16. The van der Waals surface area contributed by atoms with Gasteiger partial charge < -0.3 is 14.7 Å². The fourth-order valence-electron chi connectivity index (χ4n) is 2.88. The summed E-state index contributed by atoms with van der Waals surface area (Å²) in [7, 11) is 3.53. The Morgan fingerprint density at radius 1 is 1.41 bits per heavy atom. The van der Waals surface area contributed by atoms with E-state index in [1.165, 1.54) is 12.1 Å². The van der Waals surface area contributed by atoms with Gasteiger partial charge in [-0.05, 0) is 31.9 Å². The van der Waals surface area contributed by atoms with Crippen molar-refractivity contribution in [3.63, 3.8) is 0 Å². The van der Waals surface area contributed by atoms with Crippen LogP contribution < -0.4 is 10.2 Å². The fraction of sp³-hybridized carbons (Fsp3) is 0.333. The van der Waals surface area contributed by atoms with Crippen LogP contribution in [0.1, 0.15) is 29.1 Å². The third-order valence-electron chi connectivity index (χ3n) is 4.49. The molecule has 4 rings (SSSR count). The highest BCUT2D eigenvalue weighted by Gasteiger charge is 2.27. The molecule has 3 aromatic heterocycles. The molecular formula is C18H19FN6O2. The van der Waals surface area contributed by atoms with Crippen LogP contribution in [-0.2, 0) is 7.05 Å². The minimum Gasteiger partial charge on any atom is -0.359 e. The summed E-state index contributed by atoms with van der Waals surface area (Å²) in [6, 6.07) is 4.84. The summed E-state index contributed by atoms with van der Waals surface area (Å²) in [6.07, 6.45) is 3.17. The van der Waals surface area contributed by atoms with Crippen LogP contribution in [-0.4, -0.2) is 38.9 Å². The predicted molar refractivity (Wildman–Crippen MR) is 96.2 cm³/mol. The van der Waals surface area contributed by atoms with Gasteiger partial charge in [-0.25, -0.2) is 4.39 Å². The molecule has 0 aromatic carbocycles. The van der Waals surface area contributed by atoms with E-state index >= 15 is 0 Å². The average Bonchev–Trinajstić information content (AvgIpc) is 3.24. The third kappa shape index (κ3) is 3.27. The molecule has 3 heterocycles. The van der Waals surface area contributed by atoms with Gasteiger partial charge in [-0.2, -0.15) is 5.10 Å². The normalized spacial score (nSPS) is 13.6. The molecule has 0 spiro atoms. The Morgan fingerprint density at radius 2 is 2.19 bits per heavy atom. The van der Waals surface area contributed by atoms with Gasteiger partial charge in [0.15, 0.2) is 17.3 Å². The first-order valence-electron chi connectivity index (χ1n) is 8.61. The number of hydrogen-bond donors (Lipinski definition) is 1. The number of pyridine rings is 1. The number of carbonyl (C=O) groups is 1. The number of nitrogens with zero attached hydrogens (tertiary/aromatic N) is 5. The molecule has 0 saturated heterocycles. The highest BCUT2D eigenvalue weighted by atomic mass is 19.1. The second-order valence-corrected chi connectivity index (χ2v) is 6.62. The van der Waals surface area contributed by atoms with Crippen LogP contribution in [0.15, 0.2) is 28.9 Å². The summed E-state index contributed by atoms with van der Waals surface area (Å²) < 4.78 is 20.1. The lowest BCUT2D eigenvalue weighted by Crippen LogP contribution is -2.27. The Hall–Kier alpha value is -3.23. The smallest absolute Gasteiger partial charge is 0.269 e. The standard InChI is InChI=1S/C18H19FN6O2/c1-10-17(16(23-27-10)13-7-4-11(19)9-20-13)24(2)15-8-14(25(3)22-15)18(26)21-12-5-6-12/h4,7-9,12H,5-6H2,1-3H3,(H,21,26). The van der Waals surface area contributed by atoms with E-state index in [1.807, 2.05) is 0 Å². The Balaban J connectivity index is 1.67. The average molecular weight is 370 g/mol. The van der Waals surface area contributed by atoms with E-state index in [-0.39, 0.29) is 11.9 Å². The van der Waals surface area contributed by atoms with E-state index in [0.29, 0.717) is 34.3 Å². The lowest BCUT2D eigenvalue weighted by atomic mass is 10.2. The Kier molecular flexibility index (Phi) is 4.14. The minimum absolute atomic E-state index is 0.144. The first-order valence-corrected chi connectivity index (χ1v) is 8.61. The zero-order valence-electron chi connectivity index (χ0n) is 15.2. The minimum atomic E-state index is -0.426. The van der Waals surface area contributed by atoms with E-state index in [0.717, 1.165) is 19.0 Å². The molecular weight excluding hydrogens is 351 g/mol. The third-order valence-corrected chi connectivity index (χ3v) is 4.49. The van der Waals surface area contributed by atoms with Crippen molar-refractivity contribution in [2.45, 2.75) is 25.8 Å². The number of halogens is 1. The number of aromatic nitrogens is 4. The molecule has 0 radical (unpaired) electrons. The van der Waals surface area contributed by atoms with Crippen LogP contribution in [0.25, 0.3) is 11.4 Å². The van der Waals surface area contributed by atoms with Crippen molar-refractivity contribution < 1.29 is 13.7 Å². The molecule has 0 atom stereocenters. The Labute approximate surface area is 155 Å². The van der Waals surface area contributed by atoms with Crippen molar-refractivity contribution in [3.05, 3.63) is 41.7 Å². The van der Waals surface area contributed by atoms with Crippen LogP contribution in [0.3, 0.4) is 0 Å². The molecule has 8 nitrogen and oxygen atoms in total. The van der Waals surface area contributed by atoms with Crippen LogP contribution in [0.5, 0.6) is 0 Å². The van der Waals surface area contributed by atoms with E-state index in [2.05, 4.69) is 20.6 Å². The maximum Gasteiger partial charge on any atom is 0.269 e. The summed E-state index contributed by atoms with van der Waals surface area (Å²) >= 11 is 0. The molecule has 1 amide bonds. The van der Waals surface area contributed by atoms with Gasteiger partial charge in [-0.15, -0.1) is 0 Å². The molecule has 1 N–H and O–H groups in total. The second kappa shape index (κ2) is 6.49. The largest absolute Gasteiger partial charge is 0.359 e. The molecule has 1 saturated carbocycles. The van der Waals surface area contributed by atoms with Gasteiger partial charge in [0.05, 0.1) is 11.9 Å². The van der Waals surface area contributed by atoms with Crippen LogP contribution in [0.2, 0.25) is 0 Å². The summed E-state index contributed by atoms with van der Waals surface area (Å²) in [6.45, 7) is 1.77. The Bertz CT molecular complexity index is 990. The first kappa shape index (κ1) is 17.2. The molecule has 140 valence electrons. The quantitative estimate of drug-likeness (QED) is 0.743. The molecule has 1 aliphatic rings. The van der Waals surface area contributed by atoms with E-state index in [9.17, 15) is 9.18 Å². The van der Waals surface area contributed by atoms with Gasteiger partial charge in [0.2, 0.25) is 0 Å². The summed E-state index contributed by atoms with van der Waals surface area (Å²) in [5.74, 6) is 0.556.